The minimum atomic E-state index is -0.268. The predicted molar refractivity (Wildman–Crippen MR) is 135 cm³/mol. The number of carbonyl (C=O) groups excluding carboxylic acids is 1. The molecule has 0 saturated carbocycles. The Balaban J connectivity index is 1.37. The quantitative estimate of drug-likeness (QED) is 0.623. The lowest BCUT2D eigenvalue weighted by atomic mass is 9.70. The number of nitrogens with zero attached hydrogens (tertiary/aromatic N) is 1. The van der Waals surface area contributed by atoms with E-state index in [4.69, 9.17) is 9.47 Å². The van der Waals surface area contributed by atoms with Gasteiger partial charge in [0.15, 0.2) is 0 Å². The summed E-state index contributed by atoms with van der Waals surface area (Å²) >= 11 is 0. The number of benzene rings is 2. The van der Waals surface area contributed by atoms with E-state index in [9.17, 15) is 4.79 Å². The zero-order chi connectivity index (χ0) is 24.0. The molecule has 34 heavy (non-hydrogen) atoms. The van der Waals surface area contributed by atoms with Crippen LogP contribution >= 0.6 is 0 Å². The number of aryl methyl sites for hydroxylation is 3. The van der Waals surface area contributed by atoms with Crippen LogP contribution in [-0.2, 0) is 11.2 Å². The average molecular weight is 463 g/mol. The maximum absolute atomic E-state index is 13.0. The first-order chi connectivity index (χ1) is 16.2. The standard InChI is InChI=1S/C29H38N2O3/c1-18-14-23(15-19(2)26(18)33-5)21-6-7-24-22(16-21)8-11-29(3,4)27(24)30-28(32)34-25-17-31-12-9-20(25)10-13-31/h6-7,14-16,20,25,27H,8-13,17H2,1-5H3,(H,30,32)/t25-,27-/m0/s1. The van der Waals surface area contributed by atoms with Crippen LogP contribution in [0.4, 0.5) is 4.79 Å². The second kappa shape index (κ2) is 8.92. The molecular weight excluding hydrogens is 424 g/mol. The number of ether oxygens (including phenoxy) is 2. The van der Waals surface area contributed by atoms with E-state index in [2.05, 4.69) is 68.2 Å². The van der Waals surface area contributed by atoms with Gasteiger partial charge in [0.2, 0.25) is 0 Å². The van der Waals surface area contributed by atoms with E-state index in [1.165, 1.54) is 22.3 Å². The summed E-state index contributed by atoms with van der Waals surface area (Å²) in [5, 5.41) is 3.27. The van der Waals surface area contributed by atoms with Gasteiger partial charge in [0.25, 0.3) is 0 Å². The number of carbonyl (C=O) groups is 1. The molecular formula is C29H38N2O3. The lowest BCUT2D eigenvalue weighted by molar-refractivity contribution is -0.0353. The minimum Gasteiger partial charge on any atom is -0.496 e. The number of piperidine rings is 3. The first-order valence-electron chi connectivity index (χ1n) is 12.7. The van der Waals surface area contributed by atoms with Gasteiger partial charge in [0, 0.05) is 6.54 Å². The molecule has 6 rings (SSSR count). The largest absolute Gasteiger partial charge is 0.496 e. The van der Waals surface area contributed by atoms with Gasteiger partial charge in [-0.05, 0) is 109 Å². The summed E-state index contributed by atoms with van der Waals surface area (Å²) in [5.41, 5.74) is 7.20. The highest BCUT2D eigenvalue weighted by Crippen LogP contribution is 2.45. The molecule has 0 aromatic heterocycles. The molecule has 4 aliphatic rings. The van der Waals surface area contributed by atoms with E-state index < -0.39 is 0 Å². The third kappa shape index (κ3) is 4.31. The number of methoxy groups -OCH3 is 1. The summed E-state index contributed by atoms with van der Waals surface area (Å²) in [6, 6.07) is 11.0. The summed E-state index contributed by atoms with van der Waals surface area (Å²) in [6.07, 6.45) is 4.07. The van der Waals surface area contributed by atoms with E-state index in [1.807, 2.05) is 0 Å². The van der Waals surface area contributed by atoms with Crippen LogP contribution in [0.1, 0.15) is 61.4 Å². The molecule has 2 atom stereocenters. The number of alkyl carbamates (subject to hydrolysis) is 1. The summed E-state index contributed by atoms with van der Waals surface area (Å²) in [7, 11) is 1.73. The molecule has 3 saturated heterocycles. The maximum Gasteiger partial charge on any atom is 0.407 e. The normalized spacial score (nSPS) is 27.1. The van der Waals surface area contributed by atoms with Crippen molar-refractivity contribution in [2.75, 3.05) is 26.7 Å². The molecule has 2 aromatic rings. The zero-order valence-corrected chi connectivity index (χ0v) is 21.2. The van der Waals surface area contributed by atoms with Crippen molar-refractivity contribution >= 4 is 6.09 Å². The minimum absolute atomic E-state index is 0.0256. The lowest BCUT2D eigenvalue weighted by Gasteiger charge is -2.44. The molecule has 3 fully saturated rings. The highest BCUT2D eigenvalue weighted by molar-refractivity contribution is 5.71. The molecule has 2 aromatic carbocycles. The Labute approximate surface area is 203 Å². The first kappa shape index (κ1) is 23.2. The van der Waals surface area contributed by atoms with Gasteiger partial charge in [-0.25, -0.2) is 4.79 Å². The lowest BCUT2D eigenvalue weighted by Crippen LogP contribution is -2.53. The SMILES string of the molecule is COc1c(C)cc(-c2ccc3c(c2)CCC(C)(C)[C@H]3NC(=O)O[C@H]2CN3CCC2CC3)cc1C. The number of nitrogens with one attached hydrogen (secondary N) is 1. The second-order valence-corrected chi connectivity index (χ2v) is 11.2. The van der Waals surface area contributed by atoms with Crippen molar-refractivity contribution in [3.05, 3.63) is 52.6 Å². The van der Waals surface area contributed by atoms with Crippen LogP contribution in [0.25, 0.3) is 11.1 Å². The Morgan fingerprint density at radius 2 is 1.76 bits per heavy atom. The third-order valence-electron chi connectivity index (χ3n) is 8.39. The van der Waals surface area contributed by atoms with E-state index in [1.54, 1.807) is 7.11 Å². The summed E-state index contributed by atoms with van der Waals surface area (Å²) in [4.78, 5) is 15.4. The smallest absolute Gasteiger partial charge is 0.407 e. The van der Waals surface area contributed by atoms with Crippen LogP contribution in [-0.4, -0.2) is 43.8 Å². The second-order valence-electron chi connectivity index (χ2n) is 11.2. The van der Waals surface area contributed by atoms with Crippen molar-refractivity contribution < 1.29 is 14.3 Å². The topological polar surface area (TPSA) is 50.8 Å². The van der Waals surface area contributed by atoms with Crippen molar-refractivity contribution in [3.8, 4) is 16.9 Å². The Morgan fingerprint density at radius 3 is 2.38 bits per heavy atom. The molecule has 5 heteroatoms. The zero-order valence-electron chi connectivity index (χ0n) is 21.2. The third-order valence-corrected chi connectivity index (χ3v) is 8.39. The monoisotopic (exact) mass is 462 g/mol. The fourth-order valence-corrected chi connectivity index (χ4v) is 6.35. The molecule has 1 amide bonds. The van der Waals surface area contributed by atoms with Crippen molar-refractivity contribution in [1.82, 2.24) is 10.2 Å². The van der Waals surface area contributed by atoms with E-state index in [0.717, 1.165) is 62.2 Å². The number of hydrogen-bond acceptors (Lipinski definition) is 4. The Morgan fingerprint density at radius 1 is 1.06 bits per heavy atom. The van der Waals surface area contributed by atoms with Crippen LogP contribution in [0.2, 0.25) is 0 Å². The molecule has 1 N–H and O–H groups in total. The fourth-order valence-electron chi connectivity index (χ4n) is 6.35. The molecule has 0 unspecified atom stereocenters. The number of amides is 1. The van der Waals surface area contributed by atoms with Gasteiger partial charge in [-0.15, -0.1) is 0 Å². The first-order valence-corrected chi connectivity index (χ1v) is 12.7. The number of rotatable bonds is 4. The van der Waals surface area contributed by atoms with Crippen molar-refractivity contribution in [1.29, 1.82) is 0 Å². The van der Waals surface area contributed by atoms with Gasteiger partial charge in [0.05, 0.1) is 13.2 Å². The van der Waals surface area contributed by atoms with Gasteiger partial charge in [-0.2, -0.15) is 0 Å². The molecule has 1 aliphatic carbocycles. The molecule has 2 bridgehead atoms. The fraction of sp³-hybridized carbons (Fsp3) is 0.552. The van der Waals surface area contributed by atoms with Crippen LogP contribution in [0.15, 0.2) is 30.3 Å². The van der Waals surface area contributed by atoms with E-state index >= 15 is 0 Å². The van der Waals surface area contributed by atoms with Gasteiger partial charge in [0.1, 0.15) is 11.9 Å². The summed E-state index contributed by atoms with van der Waals surface area (Å²) < 4.78 is 11.5. The van der Waals surface area contributed by atoms with Gasteiger partial charge in [-0.1, -0.05) is 32.0 Å². The average Bonchev–Trinajstić information content (AvgIpc) is 2.81. The van der Waals surface area contributed by atoms with Crippen LogP contribution in [0.5, 0.6) is 5.75 Å². The molecule has 182 valence electrons. The van der Waals surface area contributed by atoms with Gasteiger partial charge >= 0.3 is 6.09 Å². The molecule has 0 spiro atoms. The molecule has 3 aliphatic heterocycles. The molecule has 5 nitrogen and oxygen atoms in total. The van der Waals surface area contributed by atoms with Crippen molar-refractivity contribution in [2.45, 2.75) is 65.5 Å². The van der Waals surface area contributed by atoms with Crippen LogP contribution in [0, 0.1) is 25.2 Å². The Bertz CT molecular complexity index is 1060. The van der Waals surface area contributed by atoms with E-state index in [-0.39, 0.29) is 23.7 Å². The number of hydrogen-bond donors (Lipinski definition) is 1. The van der Waals surface area contributed by atoms with Crippen LogP contribution < -0.4 is 10.1 Å². The highest BCUT2D eigenvalue weighted by Gasteiger charge is 2.40. The molecule has 3 heterocycles. The van der Waals surface area contributed by atoms with Crippen molar-refractivity contribution in [2.24, 2.45) is 11.3 Å². The molecule has 0 radical (unpaired) electrons. The highest BCUT2D eigenvalue weighted by atomic mass is 16.6. The van der Waals surface area contributed by atoms with Gasteiger partial charge in [-0.3, -0.25) is 4.90 Å². The maximum atomic E-state index is 13.0. The predicted octanol–water partition coefficient (Wildman–Crippen LogP) is 5.81. The Kier molecular flexibility index (Phi) is 6.09. The number of fused-ring (bicyclic) bond motifs is 4. The summed E-state index contributed by atoms with van der Waals surface area (Å²) in [6.45, 7) is 11.9. The Hall–Kier alpha value is -2.53. The van der Waals surface area contributed by atoms with Crippen LogP contribution in [0.3, 0.4) is 0 Å². The summed E-state index contributed by atoms with van der Waals surface area (Å²) in [5.74, 6) is 1.47. The van der Waals surface area contributed by atoms with Gasteiger partial charge < -0.3 is 14.8 Å². The van der Waals surface area contributed by atoms with E-state index in [0.29, 0.717) is 5.92 Å². The van der Waals surface area contributed by atoms with Crippen molar-refractivity contribution in [3.63, 3.8) is 0 Å².